The Bertz CT molecular complexity index is 344. The van der Waals surface area contributed by atoms with Crippen LogP contribution in [0.2, 0.25) is 0 Å². The van der Waals surface area contributed by atoms with Crippen molar-refractivity contribution in [2.24, 2.45) is 0 Å². The Labute approximate surface area is 109 Å². The molecule has 0 aromatic heterocycles. The third-order valence-corrected chi connectivity index (χ3v) is 3.34. The van der Waals surface area contributed by atoms with Crippen LogP contribution in [0.15, 0.2) is 24.3 Å². The predicted octanol–water partition coefficient (Wildman–Crippen LogP) is 2.91. The minimum atomic E-state index is 0.156. The van der Waals surface area contributed by atoms with Gasteiger partial charge in [-0.3, -0.25) is 0 Å². The average molecular weight is 249 g/mol. The van der Waals surface area contributed by atoms with Gasteiger partial charge in [0, 0.05) is 0 Å². The smallest absolute Gasteiger partial charge is 0.119 e. The Balaban J connectivity index is 1.89. The highest BCUT2D eigenvalue weighted by Gasteiger charge is 2.17. The third-order valence-electron chi connectivity index (χ3n) is 3.34. The number of ether oxygens (including phenoxy) is 2. The van der Waals surface area contributed by atoms with Gasteiger partial charge in [0.2, 0.25) is 0 Å². The third kappa shape index (κ3) is 3.72. The molecule has 1 aromatic rings. The molecule has 18 heavy (non-hydrogen) atoms. The summed E-state index contributed by atoms with van der Waals surface area (Å²) in [6.45, 7) is 6.97. The molecule has 1 atom stereocenters. The van der Waals surface area contributed by atoms with Crippen LogP contribution < -0.4 is 10.1 Å². The van der Waals surface area contributed by atoms with Gasteiger partial charge >= 0.3 is 0 Å². The summed E-state index contributed by atoms with van der Waals surface area (Å²) in [6, 6.07) is 8.22. The largest absolute Gasteiger partial charge is 0.494 e. The van der Waals surface area contributed by atoms with Crippen LogP contribution in [0.4, 0.5) is 0 Å². The van der Waals surface area contributed by atoms with E-state index in [2.05, 4.69) is 24.4 Å². The normalized spacial score (nSPS) is 18.6. The van der Waals surface area contributed by atoms with Gasteiger partial charge in [-0.25, -0.2) is 0 Å². The summed E-state index contributed by atoms with van der Waals surface area (Å²) < 4.78 is 11.5. The van der Waals surface area contributed by atoms with Gasteiger partial charge < -0.3 is 14.8 Å². The van der Waals surface area contributed by atoms with E-state index in [0.717, 1.165) is 31.7 Å². The van der Waals surface area contributed by atoms with Crippen LogP contribution in [0.25, 0.3) is 0 Å². The molecule has 0 radical (unpaired) electrons. The van der Waals surface area contributed by atoms with Crippen LogP contribution in [0.5, 0.6) is 5.75 Å². The molecule has 0 bridgehead atoms. The van der Waals surface area contributed by atoms with Gasteiger partial charge in [0.1, 0.15) is 5.75 Å². The molecule has 100 valence electrons. The van der Waals surface area contributed by atoms with Crippen LogP contribution in [0.1, 0.15) is 38.4 Å². The van der Waals surface area contributed by atoms with Crippen LogP contribution in [0.3, 0.4) is 0 Å². The fourth-order valence-electron chi connectivity index (χ4n) is 2.30. The van der Waals surface area contributed by atoms with Crippen LogP contribution >= 0.6 is 0 Å². The van der Waals surface area contributed by atoms with Gasteiger partial charge in [-0.15, -0.1) is 0 Å². The maximum Gasteiger partial charge on any atom is 0.119 e. The van der Waals surface area contributed by atoms with E-state index in [4.69, 9.17) is 9.47 Å². The lowest BCUT2D eigenvalue weighted by atomic mass is 10.1. The quantitative estimate of drug-likeness (QED) is 0.870. The molecule has 3 heteroatoms. The summed E-state index contributed by atoms with van der Waals surface area (Å²) in [6.07, 6.45) is 2.78. The molecule has 2 rings (SSSR count). The molecule has 1 fully saturated rings. The van der Waals surface area contributed by atoms with Gasteiger partial charge in [-0.05, 0) is 57.5 Å². The van der Waals surface area contributed by atoms with Gasteiger partial charge in [0.25, 0.3) is 0 Å². The molecule has 1 unspecified atom stereocenters. The van der Waals surface area contributed by atoms with Crippen molar-refractivity contribution >= 4 is 0 Å². The highest BCUT2D eigenvalue weighted by Crippen LogP contribution is 2.23. The van der Waals surface area contributed by atoms with Crippen molar-refractivity contribution in [3.63, 3.8) is 0 Å². The lowest BCUT2D eigenvalue weighted by molar-refractivity contribution is -0.0186. The summed E-state index contributed by atoms with van der Waals surface area (Å²) in [4.78, 5) is 0. The van der Waals surface area contributed by atoms with E-state index in [1.54, 1.807) is 0 Å². The van der Waals surface area contributed by atoms with Crippen LogP contribution in [-0.2, 0) is 4.74 Å². The van der Waals surface area contributed by atoms with Crippen LogP contribution in [0, 0.1) is 0 Å². The van der Waals surface area contributed by atoms with E-state index in [-0.39, 0.29) is 6.10 Å². The van der Waals surface area contributed by atoms with E-state index in [1.807, 2.05) is 19.1 Å². The van der Waals surface area contributed by atoms with Gasteiger partial charge in [-0.1, -0.05) is 12.1 Å². The molecule has 1 N–H and O–H groups in total. The second-order valence-corrected chi connectivity index (χ2v) is 4.73. The molecule has 1 aromatic carbocycles. The molecule has 1 aliphatic heterocycles. The fraction of sp³-hybridized carbons (Fsp3) is 0.600. The predicted molar refractivity (Wildman–Crippen MR) is 73.0 cm³/mol. The average Bonchev–Trinajstić information content (AvgIpc) is 2.41. The molecular weight excluding hydrogens is 226 g/mol. The van der Waals surface area contributed by atoms with Crippen molar-refractivity contribution in [1.29, 1.82) is 0 Å². The number of benzene rings is 1. The lowest BCUT2D eigenvalue weighted by Crippen LogP contribution is -2.32. The van der Waals surface area contributed by atoms with E-state index < -0.39 is 0 Å². The molecular formula is C15H23NO2. The first-order valence-electron chi connectivity index (χ1n) is 6.88. The van der Waals surface area contributed by atoms with Gasteiger partial charge in [-0.2, -0.15) is 0 Å². The Morgan fingerprint density at radius 3 is 2.50 bits per heavy atom. The minimum Gasteiger partial charge on any atom is -0.494 e. The van der Waals surface area contributed by atoms with E-state index in [0.29, 0.717) is 12.7 Å². The summed E-state index contributed by atoms with van der Waals surface area (Å²) in [5, 5.41) is 3.35. The summed E-state index contributed by atoms with van der Waals surface area (Å²) in [7, 11) is 0. The first-order chi connectivity index (χ1) is 8.79. The standard InChI is InChI=1S/C15H23NO2/c1-3-17-14-6-4-13(5-7-14)12(2)18-15-8-10-16-11-9-15/h4-7,12,15-16H,3,8-11H2,1-2H3. The zero-order valence-electron chi connectivity index (χ0n) is 11.3. The van der Waals surface area contributed by atoms with Gasteiger partial charge in [0.05, 0.1) is 18.8 Å². The molecule has 0 saturated carbocycles. The number of hydrogen-bond donors (Lipinski definition) is 1. The van der Waals surface area contributed by atoms with Crippen molar-refractivity contribution in [2.45, 2.75) is 38.9 Å². The zero-order valence-corrected chi connectivity index (χ0v) is 11.3. The molecule has 3 nitrogen and oxygen atoms in total. The maximum atomic E-state index is 6.10. The van der Waals surface area contributed by atoms with Crippen molar-refractivity contribution in [1.82, 2.24) is 5.32 Å². The lowest BCUT2D eigenvalue weighted by Gasteiger charge is -2.26. The van der Waals surface area contributed by atoms with Crippen LogP contribution in [-0.4, -0.2) is 25.8 Å². The molecule has 0 spiro atoms. The van der Waals surface area contributed by atoms with Gasteiger partial charge in [0.15, 0.2) is 0 Å². The summed E-state index contributed by atoms with van der Waals surface area (Å²) in [5.41, 5.74) is 1.22. The number of piperidine rings is 1. The zero-order chi connectivity index (χ0) is 12.8. The van der Waals surface area contributed by atoms with Crippen molar-refractivity contribution < 1.29 is 9.47 Å². The Morgan fingerprint density at radius 2 is 1.89 bits per heavy atom. The molecule has 1 aliphatic rings. The summed E-state index contributed by atoms with van der Waals surface area (Å²) >= 11 is 0. The summed E-state index contributed by atoms with van der Waals surface area (Å²) in [5.74, 6) is 0.926. The van der Waals surface area contributed by atoms with Crippen molar-refractivity contribution in [3.8, 4) is 5.75 Å². The highest BCUT2D eigenvalue weighted by molar-refractivity contribution is 5.28. The first-order valence-corrected chi connectivity index (χ1v) is 6.88. The number of hydrogen-bond acceptors (Lipinski definition) is 3. The Morgan fingerprint density at radius 1 is 1.22 bits per heavy atom. The second kappa shape index (κ2) is 6.76. The Hall–Kier alpha value is -1.06. The fourth-order valence-corrected chi connectivity index (χ4v) is 2.30. The first kappa shape index (κ1) is 13.4. The topological polar surface area (TPSA) is 30.5 Å². The Kier molecular flexibility index (Phi) is 5.02. The van der Waals surface area contributed by atoms with E-state index in [9.17, 15) is 0 Å². The molecule has 1 heterocycles. The monoisotopic (exact) mass is 249 g/mol. The number of rotatable bonds is 5. The van der Waals surface area contributed by atoms with E-state index in [1.165, 1.54) is 5.56 Å². The molecule has 1 saturated heterocycles. The SMILES string of the molecule is CCOc1ccc(C(C)OC2CCNCC2)cc1. The molecule has 0 aliphatic carbocycles. The van der Waals surface area contributed by atoms with Crippen molar-refractivity contribution in [2.75, 3.05) is 19.7 Å². The van der Waals surface area contributed by atoms with Crippen molar-refractivity contribution in [3.05, 3.63) is 29.8 Å². The maximum absolute atomic E-state index is 6.10. The second-order valence-electron chi connectivity index (χ2n) is 4.73. The molecule has 0 amide bonds. The minimum absolute atomic E-state index is 0.156. The number of nitrogens with one attached hydrogen (secondary N) is 1. The highest BCUT2D eigenvalue weighted by atomic mass is 16.5. The van der Waals surface area contributed by atoms with E-state index >= 15 is 0 Å².